The molecule has 0 aliphatic heterocycles. The second kappa shape index (κ2) is 14.0. The van der Waals surface area contributed by atoms with Gasteiger partial charge >= 0.3 is 45.5 Å². The molecule has 0 radical (unpaired) electrons. The molecule has 168 valence electrons. The molecule has 29 heavy (non-hydrogen) atoms. The molecular weight excluding hydrogens is 448 g/mol. The molecule has 6 nitrogen and oxygen atoms in total. The molecule has 0 saturated carbocycles. The summed E-state index contributed by atoms with van der Waals surface area (Å²) in [7, 11) is 0. The van der Waals surface area contributed by atoms with Crippen molar-refractivity contribution in [2.24, 2.45) is 21.7 Å². The molecule has 0 heterocycles. The third-order valence-corrected chi connectivity index (χ3v) is 3.48. The van der Waals surface area contributed by atoms with Gasteiger partial charge in [0.15, 0.2) is 11.6 Å². The molecule has 0 rings (SSSR count). The van der Waals surface area contributed by atoms with E-state index in [2.05, 4.69) is 0 Å². The summed E-state index contributed by atoms with van der Waals surface area (Å²) in [6, 6.07) is 0. The first kappa shape index (κ1) is 39.3. The van der Waals surface area contributed by atoms with Crippen molar-refractivity contribution in [2.75, 3.05) is 0 Å². The van der Waals surface area contributed by atoms with Crippen molar-refractivity contribution in [3.8, 4) is 0 Å². The Morgan fingerprint density at radius 3 is 0.793 bits per heavy atom. The van der Waals surface area contributed by atoms with Crippen LogP contribution in [-0.2, 0) is 9.59 Å². The van der Waals surface area contributed by atoms with Crippen LogP contribution >= 0.6 is 0 Å². The molecule has 0 spiro atoms. The summed E-state index contributed by atoms with van der Waals surface area (Å²) in [4.78, 5) is 22.9. The Hall–Kier alpha value is -0.179. The summed E-state index contributed by atoms with van der Waals surface area (Å²) in [5.74, 6) is -0.417. The number of hydrogen-bond donors (Lipinski definition) is 0. The fourth-order valence-corrected chi connectivity index (χ4v) is 1.10. The van der Waals surface area contributed by atoms with E-state index in [1.807, 2.05) is 83.1 Å². The van der Waals surface area contributed by atoms with Gasteiger partial charge < -0.3 is 21.2 Å². The maximum atomic E-state index is 11.4. The van der Waals surface area contributed by atoms with Crippen LogP contribution in [0.1, 0.15) is 83.1 Å². The van der Waals surface area contributed by atoms with Crippen LogP contribution in [-0.4, -0.2) is 68.0 Å². The Bertz CT molecular complexity index is 510. The Morgan fingerprint density at radius 2 is 0.690 bits per heavy atom. The second-order valence-corrected chi connectivity index (χ2v) is 10.7. The van der Waals surface area contributed by atoms with Crippen molar-refractivity contribution in [1.29, 1.82) is 0 Å². The first-order valence-corrected chi connectivity index (χ1v) is 8.97. The SMILES string of the molecule is CC(C)(C)C(=O)/C=C(\[O-])C(C)(C)C.CC(C)(C)C(=O)/C=C(\[O-])C(C)(C)C.O.O.[Sr+2]. The fraction of sp³-hybridized carbons (Fsp3) is 0.727. The monoisotopic (exact) mass is 490 g/mol. The van der Waals surface area contributed by atoms with Crippen molar-refractivity contribution in [3.05, 3.63) is 23.7 Å². The maximum Gasteiger partial charge on any atom is 2.00 e. The molecule has 0 fully saturated rings. The average molecular weight is 490 g/mol. The molecule has 0 saturated heterocycles. The van der Waals surface area contributed by atoms with Gasteiger partial charge in [-0.25, -0.2) is 0 Å². The summed E-state index contributed by atoms with van der Waals surface area (Å²) in [6.07, 6.45) is 2.44. The molecule has 0 aromatic heterocycles. The molecule has 4 N–H and O–H groups in total. The molecule has 0 aromatic rings. The van der Waals surface area contributed by atoms with Crippen molar-refractivity contribution in [3.63, 3.8) is 0 Å². The third kappa shape index (κ3) is 18.3. The van der Waals surface area contributed by atoms with Gasteiger partial charge in [0.2, 0.25) is 0 Å². The molecule has 0 amide bonds. The standard InChI is InChI=1S/2C11H20O2.2H2O.Sr/c2*1-10(2,3)8(12)7-9(13)11(4,5)6;;;/h2*7,12H,1-6H3;2*1H2;/q;;;;+2/p-2/b2*8-7-;;;. The number of rotatable bonds is 2. The summed E-state index contributed by atoms with van der Waals surface area (Å²) < 4.78 is 0. The molecule has 0 atom stereocenters. The fourth-order valence-electron chi connectivity index (χ4n) is 1.10. The van der Waals surface area contributed by atoms with Crippen LogP contribution in [0.15, 0.2) is 23.7 Å². The smallest absolute Gasteiger partial charge is 0.875 e. The van der Waals surface area contributed by atoms with E-state index in [0.717, 1.165) is 0 Å². The Labute approximate surface area is 214 Å². The van der Waals surface area contributed by atoms with E-state index in [1.54, 1.807) is 0 Å². The van der Waals surface area contributed by atoms with Gasteiger partial charge in [0.05, 0.1) is 0 Å². The van der Waals surface area contributed by atoms with Crippen LogP contribution in [0.3, 0.4) is 0 Å². The number of allylic oxidation sites excluding steroid dienone is 4. The van der Waals surface area contributed by atoms with E-state index < -0.39 is 21.7 Å². The van der Waals surface area contributed by atoms with Crippen LogP contribution in [0.5, 0.6) is 0 Å². The normalized spacial score (nSPS) is 13.0. The molecule has 0 aromatic carbocycles. The van der Waals surface area contributed by atoms with Gasteiger partial charge in [0.1, 0.15) is 0 Å². The maximum absolute atomic E-state index is 11.4. The van der Waals surface area contributed by atoms with Gasteiger partial charge in [-0.1, -0.05) is 83.1 Å². The van der Waals surface area contributed by atoms with Gasteiger partial charge in [-0.15, -0.1) is 11.5 Å². The molecule has 0 unspecified atom stereocenters. The van der Waals surface area contributed by atoms with E-state index in [9.17, 15) is 19.8 Å². The third-order valence-electron chi connectivity index (χ3n) is 3.48. The number of carbonyl (C=O) groups is 2. The van der Waals surface area contributed by atoms with Gasteiger partial charge in [0.25, 0.3) is 0 Å². The Kier molecular flexibility index (Phi) is 19.0. The zero-order valence-electron chi connectivity index (χ0n) is 20.5. The quantitative estimate of drug-likeness (QED) is 0.330. The van der Waals surface area contributed by atoms with Crippen molar-refractivity contribution in [2.45, 2.75) is 83.1 Å². The first-order valence-electron chi connectivity index (χ1n) is 8.97. The molecule has 7 heteroatoms. The Balaban J connectivity index is -0.000000120. The summed E-state index contributed by atoms with van der Waals surface area (Å²) in [5.41, 5.74) is -1.83. The molecule has 0 bridgehead atoms. The minimum Gasteiger partial charge on any atom is -0.875 e. The van der Waals surface area contributed by atoms with Crippen molar-refractivity contribution >= 4 is 57.0 Å². The molecular formula is C22H42O6Sr. The largest absolute Gasteiger partial charge is 2.00 e. The van der Waals surface area contributed by atoms with Crippen LogP contribution in [0.2, 0.25) is 0 Å². The van der Waals surface area contributed by atoms with E-state index in [1.165, 1.54) is 12.2 Å². The van der Waals surface area contributed by atoms with Gasteiger partial charge in [-0.2, -0.15) is 0 Å². The summed E-state index contributed by atoms with van der Waals surface area (Å²) in [5, 5.41) is 22.9. The van der Waals surface area contributed by atoms with Gasteiger partial charge in [0, 0.05) is 10.8 Å². The molecule has 0 aliphatic carbocycles. The van der Waals surface area contributed by atoms with Crippen molar-refractivity contribution < 1.29 is 30.8 Å². The van der Waals surface area contributed by atoms with Gasteiger partial charge in [-0.05, 0) is 23.0 Å². The van der Waals surface area contributed by atoms with E-state index >= 15 is 0 Å². The average Bonchev–Trinajstić information content (AvgIpc) is 2.34. The zero-order valence-corrected chi connectivity index (χ0v) is 24.0. The minimum atomic E-state index is -0.457. The first-order chi connectivity index (χ1) is 11.1. The van der Waals surface area contributed by atoms with Crippen LogP contribution in [0.25, 0.3) is 0 Å². The topological polar surface area (TPSA) is 143 Å². The van der Waals surface area contributed by atoms with E-state index in [-0.39, 0.29) is 79.5 Å². The Morgan fingerprint density at radius 1 is 0.517 bits per heavy atom. The second-order valence-electron chi connectivity index (χ2n) is 10.7. The predicted octanol–water partition coefficient (Wildman–Crippen LogP) is 1.75. The molecule has 0 aliphatic rings. The number of carbonyl (C=O) groups excluding carboxylic acids is 2. The van der Waals surface area contributed by atoms with Crippen LogP contribution in [0, 0.1) is 21.7 Å². The van der Waals surface area contributed by atoms with Crippen LogP contribution in [0.4, 0.5) is 0 Å². The number of ketones is 2. The number of hydrogen-bond acceptors (Lipinski definition) is 4. The van der Waals surface area contributed by atoms with E-state index in [4.69, 9.17) is 0 Å². The summed E-state index contributed by atoms with van der Waals surface area (Å²) in [6.45, 7) is 21.7. The van der Waals surface area contributed by atoms with Gasteiger partial charge in [-0.3, -0.25) is 9.59 Å². The summed E-state index contributed by atoms with van der Waals surface area (Å²) >= 11 is 0. The minimum absolute atomic E-state index is 0. The predicted molar refractivity (Wildman–Crippen MR) is 117 cm³/mol. The van der Waals surface area contributed by atoms with E-state index in [0.29, 0.717) is 0 Å². The van der Waals surface area contributed by atoms with Crippen LogP contribution < -0.4 is 10.2 Å². The zero-order chi connectivity index (χ0) is 21.7. The van der Waals surface area contributed by atoms with Crippen molar-refractivity contribution in [1.82, 2.24) is 0 Å².